The molecule has 2 aromatic rings. The number of thioether (sulfide) groups is 1. The fraction of sp³-hybridized carbons (Fsp3) is 0.292. The molecule has 0 bridgehead atoms. The quantitative estimate of drug-likeness (QED) is 0.233. The number of methoxy groups -OCH3 is 1. The number of esters is 1. The number of aliphatic imine (C=N–C) groups is 1. The maximum atomic E-state index is 13.0. The molecule has 0 radical (unpaired) electrons. The van der Waals surface area contributed by atoms with E-state index >= 15 is 0 Å². The first kappa shape index (κ1) is 25.1. The normalized spacial score (nSPS) is 15.9. The van der Waals surface area contributed by atoms with E-state index in [1.807, 2.05) is 32.1 Å². The molecule has 174 valence electrons. The number of nitrogens with zero attached hydrogens (tertiary/aromatic N) is 2. The summed E-state index contributed by atoms with van der Waals surface area (Å²) in [6, 6.07) is 10.7. The van der Waals surface area contributed by atoms with Gasteiger partial charge in [0.1, 0.15) is 0 Å². The van der Waals surface area contributed by atoms with Gasteiger partial charge in [0.15, 0.2) is 16.7 Å². The van der Waals surface area contributed by atoms with Gasteiger partial charge in [-0.3, -0.25) is 9.69 Å². The van der Waals surface area contributed by atoms with Crippen LogP contribution in [0.1, 0.15) is 36.7 Å². The standard InChI is InChI=1S/C24H25IN2O5S/c1-5-27-22(28)20(13-15-11-18(25)21(30-4)19(12-15)31-6-2)33-24(27)26-17-10-8-9-16(14-17)23(29)32-7-3/h8-14H,5-7H2,1-4H3. The Morgan fingerprint density at radius 2 is 1.97 bits per heavy atom. The van der Waals surface area contributed by atoms with E-state index in [1.54, 1.807) is 43.2 Å². The van der Waals surface area contributed by atoms with Gasteiger partial charge < -0.3 is 14.2 Å². The zero-order chi connectivity index (χ0) is 24.0. The van der Waals surface area contributed by atoms with Crippen LogP contribution in [0.3, 0.4) is 0 Å². The highest BCUT2D eigenvalue weighted by Crippen LogP contribution is 2.38. The summed E-state index contributed by atoms with van der Waals surface area (Å²) < 4.78 is 17.1. The van der Waals surface area contributed by atoms with Gasteiger partial charge in [0.25, 0.3) is 5.91 Å². The molecule has 7 nitrogen and oxygen atoms in total. The lowest BCUT2D eigenvalue weighted by molar-refractivity contribution is -0.122. The Morgan fingerprint density at radius 1 is 1.18 bits per heavy atom. The molecule has 9 heteroatoms. The second-order valence-electron chi connectivity index (χ2n) is 6.79. The zero-order valence-electron chi connectivity index (χ0n) is 18.9. The molecule has 0 N–H and O–H groups in total. The first-order valence-corrected chi connectivity index (χ1v) is 12.4. The smallest absolute Gasteiger partial charge is 0.338 e. The van der Waals surface area contributed by atoms with E-state index in [0.717, 1.165) is 9.13 Å². The predicted molar refractivity (Wildman–Crippen MR) is 139 cm³/mol. The number of halogens is 1. The number of ether oxygens (including phenoxy) is 3. The Hall–Kier alpha value is -2.53. The Kier molecular flexibility index (Phi) is 8.79. The van der Waals surface area contributed by atoms with E-state index in [9.17, 15) is 9.59 Å². The van der Waals surface area contributed by atoms with E-state index in [0.29, 0.717) is 52.6 Å². The van der Waals surface area contributed by atoms with Gasteiger partial charge in [-0.05, 0) is 97.1 Å². The third-order valence-electron chi connectivity index (χ3n) is 4.62. The second-order valence-corrected chi connectivity index (χ2v) is 8.96. The largest absolute Gasteiger partial charge is 0.492 e. The van der Waals surface area contributed by atoms with Crippen LogP contribution < -0.4 is 9.47 Å². The molecule has 0 aliphatic carbocycles. The molecule has 0 atom stereocenters. The lowest BCUT2D eigenvalue weighted by Crippen LogP contribution is -2.28. The summed E-state index contributed by atoms with van der Waals surface area (Å²) in [5.41, 5.74) is 1.83. The molecule has 1 amide bonds. The van der Waals surface area contributed by atoms with Crippen molar-refractivity contribution in [2.45, 2.75) is 20.8 Å². The number of amides is 1. The number of carbonyl (C=O) groups excluding carboxylic acids is 2. The van der Waals surface area contributed by atoms with Gasteiger partial charge in [0.2, 0.25) is 0 Å². The van der Waals surface area contributed by atoms with E-state index in [4.69, 9.17) is 14.2 Å². The highest BCUT2D eigenvalue weighted by atomic mass is 127. The molecule has 0 saturated carbocycles. The summed E-state index contributed by atoms with van der Waals surface area (Å²) in [5, 5.41) is 0.558. The van der Waals surface area contributed by atoms with Gasteiger partial charge in [0.05, 0.1) is 40.0 Å². The fourth-order valence-corrected chi connectivity index (χ4v) is 5.09. The summed E-state index contributed by atoms with van der Waals surface area (Å²) in [4.78, 5) is 31.9. The molecular formula is C24H25IN2O5S. The summed E-state index contributed by atoms with van der Waals surface area (Å²) in [6.07, 6.45) is 1.83. The average Bonchev–Trinajstić information content (AvgIpc) is 3.08. The van der Waals surface area contributed by atoms with Crippen molar-refractivity contribution in [3.05, 3.63) is 56.0 Å². The minimum atomic E-state index is -0.401. The predicted octanol–water partition coefficient (Wildman–Crippen LogP) is 5.50. The second kappa shape index (κ2) is 11.6. The van der Waals surface area contributed by atoms with Crippen molar-refractivity contribution in [3.8, 4) is 11.5 Å². The summed E-state index contributed by atoms with van der Waals surface area (Å²) in [7, 11) is 1.60. The minimum Gasteiger partial charge on any atom is -0.492 e. The Labute approximate surface area is 211 Å². The number of amidine groups is 1. The summed E-state index contributed by atoms with van der Waals surface area (Å²) >= 11 is 3.49. The molecule has 0 aromatic heterocycles. The van der Waals surface area contributed by atoms with Gasteiger partial charge in [-0.15, -0.1) is 0 Å². The summed E-state index contributed by atoms with van der Waals surface area (Å²) in [5.74, 6) is 0.781. The van der Waals surface area contributed by atoms with Crippen molar-refractivity contribution in [3.63, 3.8) is 0 Å². The third-order valence-corrected chi connectivity index (χ3v) is 6.43. The average molecular weight is 580 g/mol. The molecule has 0 spiro atoms. The number of carbonyl (C=O) groups is 2. The van der Waals surface area contributed by atoms with Crippen molar-refractivity contribution in [1.29, 1.82) is 0 Å². The number of hydrogen-bond acceptors (Lipinski definition) is 7. The van der Waals surface area contributed by atoms with E-state index < -0.39 is 5.97 Å². The SMILES string of the molecule is CCOC(=O)c1cccc(N=C2SC(=Cc3cc(I)c(OC)c(OCC)c3)C(=O)N2CC)c1. The number of hydrogen-bond donors (Lipinski definition) is 0. The molecule has 3 rings (SSSR count). The van der Waals surface area contributed by atoms with Gasteiger partial charge in [0, 0.05) is 6.54 Å². The first-order valence-electron chi connectivity index (χ1n) is 10.5. The Balaban J connectivity index is 1.94. The highest BCUT2D eigenvalue weighted by molar-refractivity contribution is 14.1. The van der Waals surface area contributed by atoms with Crippen LogP contribution in [0.2, 0.25) is 0 Å². The topological polar surface area (TPSA) is 77.4 Å². The van der Waals surface area contributed by atoms with Crippen molar-refractivity contribution >= 4 is 63.2 Å². The maximum absolute atomic E-state index is 13.0. The van der Waals surface area contributed by atoms with Crippen molar-refractivity contribution in [2.75, 3.05) is 26.9 Å². The van der Waals surface area contributed by atoms with Crippen LogP contribution in [-0.4, -0.2) is 48.8 Å². The number of rotatable bonds is 8. The van der Waals surface area contributed by atoms with Gasteiger partial charge in [-0.1, -0.05) is 6.07 Å². The molecule has 33 heavy (non-hydrogen) atoms. The van der Waals surface area contributed by atoms with Crippen molar-refractivity contribution in [1.82, 2.24) is 4.90 Å². The lowest BCUT2D eigenvalue weighted by Gasteiger charge is -2.12. The molecular weight excluding hydrogens is 555 g/mol. The monoisotopic (exact) mass is 580 g/mol. The molecule has 1 aliphatic heterocycles. The molecule has 1 heterocycles. The van der Waals surface area contributed by atoms with Crippen LogP contribution in [-0.2, 0) is 9.53 Å². The number of likely N-dealkylation sites (N-methyl/N-ethyl adjacent to an activating group) is 1. The van der Waals surface area contributed by atoms with Crippen molar-refractivity contribution in [2.24, 2.45) is 4.99 Å². The van der Waals surface area contributed by atoms with Gasteiger partial charge >= 0.3 is 5.97 Å². The third kappa shape index (κ3) is 5.89. The van der Waals surface area contributed by atoms with Crippen LogP contribution in [0.5, 0.6) is 11.5 Å². The maximum Gasteiger partial charge on any atom is 0.338 e. The highest BCUT2D eigenvalue weighted by Gasteiger charge is 2.32. The molecule has 1 fully saturated rings. The zero-order valence-corrected chi connectivity index (χ0v) is 21.9. The fourth-order valence-electron chi connectivity index (χ4n) is 3.18. The van der Waals surface area contributed by atoms with Gasteiger partial charge in [-0.2, -0.15) is 0 Å². The summed E-state index contributed by atoms with van der Waals surface area (Å²) in [6.45, 7) is 6.85. The minimum absolute atomic E-state index is 0.119. The van der Waals surface area contributed by atoms with Crippen LogP contribution in [0.25, 0.3) is 6.08 Å². The van der Waals surface area contributed by atoms with Crippen LogP contribution in [0.4, 0.5) is 5.69 Å². The molecule has 2 aromatic carbocycles. The molecule has 0 unspecified atom stereocenters. The van der Waals surface area contributed by atoms with Crippen LogP contribution >= 0.6 is 34.4 Å². The lowest BCUT2D eigenvalue weighted by atomic mass is 10.2. The van der Waals surface area contributed by atoms with E-state index in [-0.39, 0.29) is 5.91 Å². The van der Waals surface area contributed by atoms with Crippen LogP contribution in [0.15, 0.2) is 46.3 Å². The van der Waals surface area contributed by atoms with Crippen molar-refractivity contribution < 1.29 is 23.8 Å². The van der Waals surface area contributed by atoms with E-state index in [1.165, 1.54) is 11.8 Å². The molecule has 1 aliphatic rings. The first-order chi connectivity index (χ1) is 15.9. The number of benzene rings is 2. The Bertz CT molecular complexity index is 1120. The van der Waals surface area contributed by atoms with Gasteiger partial charge in [-0.25, -0.2) is 9.79 Å². The Morgan fingerprint density at radius 3 is 2.64 bits per heavy atom. The molecule has 1 saturated heterocycles. The van der Waals surface area contributed by atoms with E-state index in [2.05, 4.69) is 27.6 Å². The van der Waals surface area contributed by atoms with Crippen LogP contribution in [0, 0.1) is 3.57 Å².